The molecule has 1 saturated carbocycles. The Morgan fingerprint density at radius 3 is 2.39 bits per heavy atom. The van der Waals surface area contributed by atoms with Crippen molar-refractivity contribution in [3.8, 4) is 5.75 Å². The van der Waals surface area contributed by atoms with E-state index in [9.17, 15) is 19.2 Å². The minimum absolute atomic E-state index is 0.402. The Balaban J connectivity index is 1.20. The number of anilines is 1. The number of urea groups is 1. The van der Waals surface area contributed by atoms with Crippen LogP contribution in [0.2, 0.25) is 0 Å². The first-order chi connectivity index (χ1) is 15.9. The van der Waals surface area contributed by atoms with E-state index in [1.807, 2.05) is 30.3 Å². The molecule has 0 unspecified atom stereocenters. The number of benzene rings is 2. The second-order valence-electron chi connectivity index (χ2n) is 8.12. The molecule has 0 aromatic heterocycles. The number of imide groups is 1. The van der Waals surface area contributed by atoms with Crippen LogP contribution in [0.1, 0.15) is 31.2 Å². The van der Waals surface area contributed by atoms with Crippen LogP contribution in [0.4, 0.5) is 10.5 Å². The van der Waals surface area contributed by atoms with E-state index in [4.69, 9.17) is 9.47 Å². The summed E-state index contributed by atoms with van der Waals surface area (Å²) >= 11 is 0. The number of esters is 1. The molecule has 9 nitrogen and oxygen atoms in total. The standard InChI is InChI=1S/C24H25N3O6/c28-20(25-18-8-10-19(11-9-18)32-15-17-6-2-1-3-7-17)16-33-21(29)14-27-22(30)24(26-23(27)31)12-4-5-13-24/h1-3,6-11H,4-5,12-16H2,(H,25,28)(H,26,31). The van der Waals surface area contributed by atoms with Gasteiger partial charge in [-0.15, -0.1) is 0 Å². The first-order valence-electron chi connectivity index (χ1n) is 10.8. The Morgan fingerprint density at radius 2 is 1.70 bits per heavy atom. The monoisotopic (exact) mass is 451 g/mol. The topological polar surface area (TPSA) is 114 Å². The van der Waals surface area contributed by atoms with Crippen LogP contribution in [0, 0.1) is 0 Å². The highest BCUT2D eigenvalue weighted by molar-refractivity contribution is 6.09. The minimum atomic E-state index is -0.883. The highest BCUT2D eigenvalue weighted by Gasteiger charge is 2.52. The van der Waals surface area contributed by atoms with E-state index in [1.54, 1.807) is 24.3 Å². The molecule has 2 aromatic carbocycles. The number of carbonyl (C=O) groups is 4. The average molecular weight is 451 g/mol. The number of amides is 4. The molecule has 9 heteroatoms. The van der Waals surface area contributed by atoms with Gasteiger partial charge in [0.25, 0.3) is 11.8 Å². The fraction of sp³-hybridized carbons (Fsp3) is 0.333. The summed E-state index contributed by atoms with van der Waals surface area (Å²) in [6.45, 7) is -0.617. The summed E-state index contributed by atoms with van der Waals surface area (Å²) in [4.78, 5) is 49.7. The zero-order valence-electron chi connectivity index (χ0n) is 18.0. The largest absolute Gasteiger partial charge is 0.489 e. The maximum Gasteiger partial charge on any atom is 0.326 e. The number of nitrogens with one attached hydrogen (secondary N) is 2. The van der Waals surface area contributed by atoms with Crippen molar-refractivity contribution in [3.05, 3.63) is 60.2 Å². The molecule has 0 bridgehead atoms. The maximum absolute atomic E-state index is 12.6. The predicted molar refractivity (Wildman–Crippen MR) is 118 cm³/mol. The smallest absolute Gasteiger partial charge is 0.326 e. The van der Waals surface area contributed by atoms with E-state index in [0.717, 1.165) is 23.3 Å². The third-order valence-corrected chi connectivity index (χ3v) is 5.74. The minimum Gasteiger partial charge on any atom is -0.489 e. The fourth-order valence-electron chi connectivity index (χ4n) is 4.03. The normalized spacial score (nSPS) is 16.5. The van der Waals surface area contributed by atoms with Gasteiger partial charge in [0.15, 0.2) is 6.61 Å². The second-order valence-corrected chi connectivity index (χ2v) is 8.12. The van der Waals surface area contributed by atoms with Crippen molar-refractivity contribution in [1.82, 2.24) is 10.2 Å². The van der Waals surface area contributed by atoms with Gasteiger partial charge >= 0.3 is 12.0 Å². The summed E-state index contributed by atoms with van der Waals surface area (Å²) in [5.41, 5.74) is 0.676. The Hall–Kier alpha value is -3.88. The first-order valence-corrected chi connectivity index (χ1v) is 10.8. The Kier molecular flexibility index (Phi) is 6.58. The molecular formula is C24H25N3O6. The molecule has 2 aromatic rings. The Morgan fingerprint density at radius 1 is 1.00 bits per heavy atom. The summed E-state index contributed by atoms with van der Waals surface area (Å²) in [6.07, 6.45) is 2.85. The molecule has 172 valence electrons. The third kappa shape index (κ3) is 5.31. The Labute approximate surface area is 191 Å². The zero-order chi connectivity index (χ0) is 23.3. The highest BCUT2D eigenvalue weighted by atomic mass is 16.5. The van der Waals surface area contributed by atoms with E-state index < -0.39 is 42.5 Å². The number of carbonyl (C=O) groups excluding carboxylic acids is 4. The lowest BCUT2D eigenvalue weighted by molar-refractivity contribution is -0.150. The molecule has 2 fully saturated rings. The molecule has 1 aliphatic carbocycles. The van der Waals surface area contributed by atoms with Crippen LogP contribution in [0.15, 0.2) is 54.6 Å². The molecule has 2 aliphatic rings. The van der Waals surface area contributed by atoms with Crippen LogP contribution in [0.3, 0.4) is 0 Å². The van der Waals surface area contributed by atoms with Gasteiger partial charge in [0.05, 0.1) is 0 Å². The van der Waals surface area contributed by atoms with Crippen LogP contribution in [0.5, 0.6) is 5.75 Å². The summed E-state index contributed by atoms with van der Waals surface area (Å²) in [5.74, 6) is -1.11. The van der Waals surface area contributed by atoms with E-state index in [2.05, 4.69) is 10.6 Å². The van der Waals surface area contributed by atoms with Crippen LogP contribution in [-0.4, -0.2) is 47.4 Å². The lowest BCUT2D eigenvalue weighted by Crippen LogP contribution is -2.44. The van der Waals surface area contributed by atoms with Gasteiger partial charge in [-0.05, 0) is 42.7 Å². The molecule has 4 amide bonds. The second kappa shape index (κ2) is 9.72. The van der Waals surface area contributed by atoms with Crippen molar-refractivity contribution in [3.63, 3.8) is 0 Å². The lowest BCUT2D eigenvalue weighted by atomic mass is 9.98. The van der Waals surface area contributed by atoms with Crippen molar-refractivity contribution >= 4 is 29.5 Å². The zero-order valence-corrected chi connectivity index (χ0v) is 18.0. The fourth-order valence-corrected chi connectivity index (χ4v) is 4.03. The van der Waals surface area contributed by atoms with Crippen molar-refractivity contribution in [2.75, 3.05) is 18.5 Å². The molecule has 2 N–H and O–H groups in total. The molecule has 0 atom stereocenters. The van der Waals surface area contributed by atoms with Gasteiger partial charge in [-0.1, -0.05) is 43.2 Å². The van der Waals surface area contributed by atoms with E-state index in [1.165, 1.54) is 0 Å². The van der Waals surface area contributed by atoms with E-state index >= 15 is 0 Å². The molecule has 1 aliphatic heterocycles. The van der Waals surface area contributed by atoms with Gasteiger partial charge < -0.3 is 20.1 Å². The maximum atomic E-state index is 12.6. The molecule has 33 heavy (non-hydrogen) atoms. The number of rotatable bonds is 8. The number of hydrogen-bond acceptors (Lipinski definition) is 6. The summed E-state index contributed by atoms with van der Waals surface area (Å²) in [5, 5.41) is 5.31. The van der Waals surface area contributed by atoms with Gasteiger partial charge in [0, 0.05) is 5.69 Å². The van der Waals surface area contributed by atoms with Gasteiger partial charge in [-0.2, -0.15) is 0 Å². The van der Waals surface area contributed by atoms with Gasteiger partial charge in [-0.3, -0.25) is 19.3 Å². The summed E-state index contributed by atoms with van der Waals surface area (Å²) < 4.78 is 10.6. The van der Waals surface area contributed by atoms with Crippen molar-refractivity contribution in [1.29, 1.82) is 0 Å². The lowest BCUT2D eigenvalue weighted by Gasteiger charge is -2.19. The quantitative estimate of drug-likeness (QED) is 0.471. The summed E-state index contributed by atoms with van der Waals surface area (Å²) in [6, 6.07) is 15.9. The molecule has 1 spiro atoms. The van der Waals surface area contributed by atoms with Crippen LogP contribution < -0.4 is 15.4 Å². The predicted octanol–water partition coefficient (Wildman–Crippen LogP) is 2.61. The van der Waals surface area contributed by atoms with Crippen LogP contribution >= 0.6 is 0 Å². The van der Waals surface area contributed by atoms with E-state index in [0.29, 0.717) is 30.9 Å². The molecule has 1 heterocycles. The molecule has 0 radical (unpaired) electrons. The number of hydrogen-bond donors (Lipinski definition) is 2. The van der Waals surface area contributed by atoms with E-state index in [-0.39, 0.29) is 0 Å². The Bertz CT molecular complexity index is 1030. The summed E-state index contributed by atoms with van der Waals surface area (Å²) in [7, 11) is 0. The van der Waals surface area contributed by atoms with Gasteiger partial charge in [-0.25, -0.2) is 4.79 Å². The number of nitrogens with zero attached hydrogens (tertiary/aromatic N) is 1. The van der Waals surface area contributed by atoms with Crippen molar-refractivity contribution < 1.29 is 28.7 Å². The van der Waals surface area contributed by atoms with Crippen LogP contribution in [0.25, 0.3) is 0 Å². The number of ether oxygens (including phenoxy) is 2. The third-order valence-electron chi connectivity index (χ3n) is 5.74. The van der Waals surface area contributed by atoms with Gasteiger partial charge in [0.1, 0.15) is 24.4 Å². The van der Waals surface area contributed by atoms with Crippen LogP contribution in [-0.2, 0) is 25.7 Å². The van der Waals surface area contributed by atoms with Gasteiger partial charge in [0.2, 0.25) is 0 Å². The van der Waals surface area contributed by atoms with Crippen molar-refractivity contribution in [2.45, 2.75) is 37.8 Å². The molecule has 1 saturated heterocycles. The first kappa shape index (κ1) is 22.3. The molecular weight excluding hydrogens is 426 g/mol. The molecule has 4 rings (SSSR count). The highest BCUT2D eigenvalue weighted by Crippen LogP contribution is 2.34. The van der Waals surface area contributed by atoms with Crippen molar-refractivity contribution in [2.24, 2.45) is 0 Å². The SMILES string of the molecule is O=C(COC(=O)CN1C(=O)NC2(CCCC2)C1=O)Nc1ccc(OCc2ccccc2)cc1. The average Bonchev–Trinajstić information content (AvgIpc) is 3.38.